The number of hydrogen-bond acceptors (Lipinski definition) is 7. The number of rotatable bonds is 6. The van der Waals surface area contributed by atoms with Crippen molar-refractivity contribution in [1.29, 1.82) is 0 Å². The maximum absolute atomic E-state index is 12.8. The second-order valence-corrected chi connectivity index (χ2v) is 7.66. The Morgan fingerprint density at radius 2 is 1.65 bits per heavy atom. The van der Waals surface area contributed by atoms with E-state index in [1.165, 1.54) is 37.1 Å². The molecule has 1 unspecified atom stereocenters. The Morgan fingerprint density at radius 3 is 2.24 bits per heavy atom. The molecule has 1 aromatic heterocycles. The summed E-state index contributed by atoms with van der Waals surface area (Å²) in [6, 6.07) is 12.7. The lowest BCUT2D eigenvalue weighted by atomic mass is 10.1. The highest BCUT2D eigenvalue weighted by Gasteiger charge is 2.36. The minimum Gasteiger partial charge on any atom is -0.465 e. The number of anilines is 2. The second-order valence-electron chi connectivity index (χ2n) is 7.66. The predicted molar refractivity (Wildman–Crippen MR) is 122 cm³/mol. The number of amides is 2. The van der Waals surface area contributed by atoms with Crippen molar-refractivity contribution in [2.24, 2.45) is 0 Å². The number of fused-ring (bicyclic) bond motifs is 1. The van der Waals surface area contributed by atoms with Crippen molar-refractivity contribution in [2.75, 3.05) is 24.9 Å². The van der Waals surface area contributed by atoms with E-state index in [9.17, 15) is 19.2 Å². The number of ether oxygens (including phenoxy) is 2. The van der Waals surface area contributed by atoms with Gasteiger partial charge in [-0.2, -0.15) is 5.10 Å². The molecule has 10 nitrogen and oxygen atoms in total. The molecule has 0 spiro atoms. The van der Waals surface area contributed by atoms with E-state index in [1.54, 1.807) is 0 Å². The number of aromatic nitrogens is 2. The standard InChI is InChI=1S/C24H22N4O6/c1-13-20(14-7-5-4-6-8-14)21-26-22(30)18(28(21)27-13)12-19(29)25-17-10-15(23(31)33-2)9-16(11-17)24(32)34-3/h4-11,18H,12H2,1-3H3,(H,25,29)(H,26,30). The number of methoxy groups -OCH3 is 2. The Labute approximate surface area is 194 Å². The zero-order valence-corrected chi connectivity index (χ0v) is 18.7. The Hall–Kier alpha value is -4.47. The lowest BCUT2D eigenvalue weighted by Gasteiger charge is -2.12. The first kappa shape index (κ1) is 22.7. The Kier molecular flexibility index (Phi) is 6.13. The molecule has 2 aromatic carbocycles. The zero-order chi connectivity index (χ0) is 24.4. The third kappa shape index (κ3) is 4.25. The molecule has 174 valence electrons. The molecule has 0 saturated carbocycles. The van der Waals surface area contributed by atoms with Gasteiger partial charge in [0.15, 0.2) is 0 Å². The largest absolute Gasteiger partial charge is 0.465 e. The van der Waals surface area contributed by atoms with Crippen molar-refractivity contribution in [3.05, 3.63) is 65.4 Å². The molecule has 1 aliphatic heterocycles. The first-order valence-electron chi connectivity index (χ1n) is 10.4. The van der Waals surface area contributed by atoms with Crippen LogP contribution in [0.5, 0.6) is 0 Å². The van der Waals surface area contributed by atoms with Crippen LogP contribution in [0.15, 0.2) is 48.5 Å². The maximum Gasteiger partial charge on any atom is 0.337 e. The van der Waals surface area contributed by atoms with Crippen LogP contribution < -0.4 is 10.6 Å². The topological polar surface area (TPSA) is 129 Å². The summed E-state index contributed by atoms with van der Waals surface area (Å²) in [6.45, 7) is 1.84. The van der Waals surface area contributed by atoms with E-state index < -0.39 is 23.9 Å². The molecule has 0 aliphatic carbocycles. The van der Waals surface area contributed by atoms with Crippen LogP contribution in [0.3, 0.4) is 0 Å². The summed E-state index contributed by atoms with van der Waals surface area (Å²) in [5.74, 6) is -1.68. The average Bonchev–Trinajstić information content (AvgIpc) is 3.31. The van der Waals surface area contributed by atoms with E-state index in [4.69, 9.17) is 9.47 Å². The number of nitrogens with zero attached hydrogens (tertiary/aromatic N) is 2. The van der Waals surface area contributed by atoms with E-state index in [-0.39, 0.29) is 29.1 Å². The maximum atomic E-state index is 12.8. The number of aryl methyl sites for hydroxylation is 1. The lowest BCUT2D eigenvalue weighted by molar-refractivity contribution is -0.123. The summed E-state index contributed by atoms with van der Waals surface area (Å²) in [5, 5.41) is 9.95. The molecule has 34 heavy (non-hydrogen) atoms. The third-order valence-electron chi connectivity index (χ3n) is 5.43. The van der Waals surface area contributed by atoms with Crippen molar-refractivity contribution in [3.63, 3.8) is 0 Å². The van der Waals surface area contributed by atoms with Crippen LogP contribution in [0, 0.1) is 6.92 Å². The highest BCUT2D eigenvalue weighted by Crippen LogP contribution is 2.38. The van der Waals surface area contributed by atoms with Gasteiger partial charge in [-0.05, 0) is 30.7 Å². The van der Waals surface area contributed by atoms with E-state index in [1.807, 2.05) is 37.3 Å². The third-order valence-corrected chi connectivity index (χ3v) is 5.43. The molecule has 3 aromatic rings. The summed E-state index contributed by atoms with van der Waals surface area (Å²) in [6.07, 6.45) is -0.204. The van der Waals surface area contributed by atoms with Gasteiger partial charge in [0.2, 0.25) is 5.91 Å². The predicted octanol–water partition coefficient (Wildman–Crippen LogP) is 2.95. The van der Waals surface area contributed by atoms with E-state index in [0.717, 1.165) is 16.8 Å². The summed E-state index contributed by atoms with van der Waals surface area (Å²) in [7, 11) is 2.41. The van der Waals surface area contributed by atoms with Crippen molar-refractivity contribution < 1.29 is 28.7 Å². The number of hydrogen-bond donors (Lipinski definition) is 2. The van der Waals surface area contributed by atoms with Gasteiger partial charge in [-0.3, -0.25) is 9.59 Å². The molecular formula is C24H22N4O6. The van der Waals surface area contributed by atoms with E-state index in [2.05, 4.69) is 15.7 Å². The van der Waals surface area contributed by atoms with E-state index >= 15 is 0 Å². The van der Waals surface area contributed by atoms with Gasteiger partial charge in [-0.1, -0.05) is 30.3 Å². The highest BCUT2D eigenvalue weighted by atomic mass is 16.5. The lowest BCUT2D eigenvalue weighted by Crippen LogP contribution is -2.24. The molecule has 2 heterocycles. The molecule has 0 bridgehead atoms. The van der Waals surface area contributed by atoms with Gasteiger partial charge >= 0.3 is 11.9 Å². The molecule has 4 rings (SSSR count). The summed E-state index contributed by atoms with van der Waals surface area (Å²) in [4.78, 5) is 49.4. The van der Waals surface area contributed by atoms with Gasteiger partial charge in [0.1, 0.15) is 11.9 Å². The fourth-order valence-corrected chi connectivity index (χ4v) is 3.89. The molecule has 0 radical (unpaired) electrons. The number of esters is 2. The molecule has 2 N–H and O–H groups in total. The molecule has 10 heteroatoms. The highest BCUT2D eigenvalue weighted by molar-refractivity contribution is 6.05. The first-order chi connectivity index (χ1) is 16.3. The number of nitrogens with one attached hydrogen (secondary N) is 2. The fourth-order valence-electron chi connectivity index (χ4n) is 3.89. The zero-order valence-electron chi connectivity index (χ0n) is 18.7. The SMILES string of the molecule is COC(=O)c1cc(NC(=O)CC2C(=O)Nc3c(-c4ccccc4)c(C)nn32)cc(C(=O)OC)c1. The average molecular weight is 462 g/mol. The van der Waals surface area contributed by atoms with Crippen LogP contribution in [-0.2, 0) is 19.1 Å². The van der Waals surface area contributed by atoms with Gasteiger partial charge in [0.05, 0.1) is 37.5 Å². The van der Waals surface area contributed by atoms with E-state index in [0.29, 0.717) is 5.82 Å². The van der Waals surface area contributed by atoms with Crippen LogP contribution in [0.25, 0.3) is 11.1 Å². The van der Waals surface area contributed by atoms with Gasteiger partial charge in [-0.15, -0.1) is 0 Å². The van der Waals surface area contributed by atoms with Crippen LogP contribution >= 0.6 is 0 Å². The first-order valence-corrected chi connectivity index (χ1v) is 10.4. The Bertz CT molecular complexity index is 1260. The van der Waals surface area contributed by atoms with Gasteiger partial charge in [0.25, 0.3) is 5.91 Å². The Balaban J connectivity index is 1.58. The minimum absolute atomic E-state index is 0.0665. The van der Waals surface area contributed by atoms with Crippen molar-refractivity contribution in [3.8, 4) is 11.1 Å². The van der Waals surface area contributed by atoms with Crippen LogP contribution in [0.1, 0.15) is 38.9 Å². The summed E-state index contributed by atoms with van der Waals surface area (Å²) >= 11 is 0. The second kappa shape index (κ2) is 9.18. The molecule has 1 atom stereocenters. The normalized spacial score (nSPS) is 14.2. The number of carbonyl (C=O) groups is 4. The molecule has 0 saturated heterocycles. The monoisotopic (exact) mass is 462 g/mol. The fraction of sp³-hybridized carbons (Fsp3) is 0.208. The molecule has 0 fully saturated rings. The quantitative estimate of drug-likeness (QED) is 0.539. The number of benzene rings is 2. The molecule has 2 amide bonds. The van der Waals surface area contributed by atoms with Crippen molar-refractivity contribution in [1.82, 2.24) is 9.78 Å². The van der Waals surface area contributed by atoms with Crippen molar-refractivity contribution >= 4 is 35.3 Å². The van der Waals surface area contributed by atoms with Crippen LogP contribution in [0.4, 0.5) is 11.5 Å². The van der Waals surface area contributed by atoms with Gasteiger partial charge in [0, 0.05) is 11.3 Å². The smallest absolute Gasteiger partial charge is 0.337 e. The number of carbonyl (C=O) groups excluding carboxylic acids is 4. The Morgan fingerprint density at radius 1 is 1.03 bits per heavy atom. The summed E-state index contributed by atoms with van der Waals surface area (Å²) < 4.78 is 10.9. The molecule has 1 aliphatic rings. The summed E-state index contributed by atoms with van der Waals surface area (Å²) in [5.41, 5.74) is 2.74. The van der Waals surface area contributed by atoms with Gasteiger partial charge in [-0.25, -0.2) is 14.3 Å². The van der Waals surface area contributed by atoms with Gasteiger partial charge < -0.3 is 20.1 Å². The molecular weight excluding hydrogens is 440 g/mol. The minimum atomic E-state index is -0.852. The van der Waals surface area contributed by atoms with Crippen molar-refractivity contribution in [2.45, 2.75) is 19.4 Å². The van der Waals surface area contributed by atoms with Crippen LogP contribution in [-0.4, -0.2) is 47.8 Å². The van der Waals surface area contributed by atoms with Crippen LogP contribution in [0.2, 0.25) is 0 Å².